The molecule has 7 heteroatoms. The van der Waals surface area contributed by atoms with E-state index in [4.69, 9.17) is 11.6 Å². The number of fused-ring (bicyclic) bond motifs is 1. The summed E-state index contributed by atoms with van der Waals surface area (Å²) in [6.07, 6.45) is 0. The summed E-state index contributed by atoms with van der Waals surface area (Å²) in [6, 6.07) is 13.0. The number of aryl methyl sites for hydroxylation is 1. The highest BCUT2D eigenvalue weighted by Gasteiger charge is 2.16. The minimum atomic E-state index is -0.565. The van der Waals surface area contributed by atoms with Crippen LogP contribution in [0.25, 0.3) is 10.9 Å². The number of halogens is 1. The third-order valence-electron chi connectivity index (χ3n) is 3.52. The van der Waals surface area contributed by atoms with Gasteiger partial charge in [0.05, 0.1) is 26.7 Å². The van der Waals surface area contributed by atoms with Crippen molar-refractivity contribution in [3.63, 3.8) is 0 Å². The van der Waals surface area contributed by atoms with Crippen molar-refractivity contribution in [2.75, 3.05) is 5.32 Å². The highest BCUT2D eigenvalue weighted by molar-refractivity contribution is 6.34. The molecule has 0 saturated heterocycles. The van der Waals surface area contributed by atoms with E-state index in [0.29, 0.717) is 11.2 Å². The summed E-state index contributed by atoms with van der Waals surface area (Å²) in [5, 5.41) is 14.4. The van der Waals surface area contributed by atoms with Crippen molar-refractivity contribution in [1.82, 2.24) is 4.98 Å². The van der Waals surface area contributed by atoms with E-state index >= 15 is 0 Å². The van der Waals surface area contributed by atoms with Crippen LogP contribution in [0.3, 0.4) is 0 Å². The maximum atomic E-state index is 12.5. The van der Waals surface area contributed by atoms with Gasteiger partial charge in [-0.3, -0.25) is 19.9 Å². The fraction of sp³-hybridized carbons (Fsp3) is 0.0588. The monoisotopic (exact) mass is 341 g/mol. The molecule has 1 N–H and O–H groups in total. The second-order valence-corrected chi connectivity index (χ2v) is 5.61. The first-order valence-corrected chi connectivity index (χ1v) is 7.45. The SMILES string of the molecule is Cc1ccc2cccc(NC(=O)c3ccc([N+](=O)[O-])cc3Cl)c2n1. The molecule has 0 aliphatic carbocycles. The van der Waals surface area contributed by atoms with Crippen LogP contribution in [0.2, 0.25) is 5.02 Å². The molecule has 0 saturated carbocycles. The van der Waals surface area contributed by atoms with E-state index in [9.17, 15) is 14.9 Å². The van der Waals surface area contributed by atoms with E-state index in [0.717, 1.165) is 17.1 Å². The second-order valence-electron chi connectivity index (χ2n) is 5.21. The van der Waals surface area contributed by atoms with Crippen LogP contribution in [0.4, 0.5) is 11.4 Å². The van der Waals surface area contributed by atoms with Gasteiger partial charge < -0.3 is 5.32 Å². The molecule has 0 aliphatic heterocycles. The van der Waals surface area contributed by atoms with Gasteiger partial charge in [0.1, 0.15) is 0 Å². The normalized spacial score (nSPS) is 10.6. The molecule has 3 aromatic rings. The molecular weight excluding hydrogens is 330 g/mol. The Morgan fingerprint density at radius 1 is 1.21 bits per heavy atom. The molecule has 0 bridgehead atoms. The van der Waals surface area contributed by atoms with Crippen molar-refractivity contribution in [1.29, 1.82) is 0 Å². The molecule has 0 aliphatic rings. The van der Waals surface area contributed by atoms with Gasteiger partial charge in [-0.1, -0.05) is 29.8 Å². The number of rotatable bonds is 3. The fourth-order valence-corrected chi connectivity index (χ4v) is 2.60. The van der Waals surface area contributed by atoms with Crippen LogP contribution in [-0.4, -0.2) is 15.8 Å². The first-order valence-electron chi connectivity index (χ1n) is 7.07. The van der Waals surface area contributed by atoms with Crippen LogP contribution in [0, 0.1) is 17.0 Å². The lowest BCUT2D eigenvalue weighted by molar-refractivity contribution is -0.384. The average molecular weight is 342 g/mol. The molecule has 3 rings (SSSR count). The summed E-state index contributed by atoms with van der Waals surface area (Å²) in [4.78, 5) is 27.1. The van der Waals surface area contributed by atoms with Gasteiger partial charge in [0.25, 0.3) is 11.6 Å². The number of amides is 1. The number of anilines is 1. The van der Waals surface area contributed by atoms with Gasteiger partial charge in [-0.25, -0.2) is 0 Å². The quantitative estimate of drug-likeness (QED) is 0.566. The Bertz CT molecular complexity index is 972. The number of nitro groups is 1. The smallest absolute Gasteiger partial charge is 0.270 e. The third kappa shape index (κ3) is 3.04. The zero-order valence-electron chi connectivity index (χ0n) is 12.6. The molecular formula is C17H12ClN3O3. The molecule has 1 aromatic heterocycles. The first-order chi connectivity index (χ1) is 11.5. The number of nitro benzene ring substituents is 1. The number of non-ortho nitro benzene ring substituents is 1. The molecule has 120 valence electrons. The standard InChI is InChI=1S/C17H12ClN3O3/c1-10-5-6-11-3-2-4-15(16(11)19-10)20-17(22)13-8-7-12(21(23)24)9-14(13)18/h2-9H,1H3,(H,20,22). The lowest BCUT2D eigenvalue weighted by Crippen LogP contribution is -2.13. The van der Waals surface area contributed by atoms with E-state index in [-0.39, 0.29) is 16.3 Å². The maximum absolute atomic E-state index is 12.5. The second kappa shape index (κ2) is 6.25. The van der Waals surface area contributed by atoms with Crippen LogP contribution in [0.15, 0.2) is 48.5 Å². The Labute approximate surface area is 142 Å². The molecule has 0 unspecified atom stereocenters. The largest absolute Gasteiger partial charge is 0.320 e. The minimum absolute atomic E-state index is 0.0195. The molecule has 1 amide bonds. The molecule has 0 atom stereocenters. The van der Waals surface area contributed by atoms with Gasteiger partial charge in [-0.2, -0.15) is 0 Å². The van der Waals surface area contributed by atoms with E-state index in [1.807, 2.05) is 31.2 Å². The fourth-order valence-electron chi connectivity index (χ4n) is 2.34. The van der Waals surface area contributed by atoms with Gasteiger partial charge in [-0.05, 0) is 25.1 Å². The topological polar surface area (TPSA) is 85.1 Å². The Balaban J connectivity index is 1.96. The molecule has 0 spiro atoms. The van der Waals surface area contributed by atoms with Gasteiger partial charge in [0, 0.05) is 23.2 Å². The molecule has 2 aromatic carbocycles. The van der Waals surface area contributed by atoms with E-state index < -0.39 is 10.8 Å². The Kier molecular flexibility index (Phi) is 4.14. The maximum Gasteiger partial charge on any atom is 0.270 e. The Hall–Kier alpha value is -2.99. The van der Waals surface area contributed by atoms with Gasteiger partial charge in [0.2, 0.25) is 0 Å². The van der Waals surface area contributed by atoms with Crippen molar-refractivity contribution >= 4 is 39.8 Å². The summed E-state index contributed by atoms with van der Waals surface area (Å²) in [6.45, 7) is 1.87. The summed E-state index contributed by atoms with van der Waals surface area (Å²) >= 11 is 6.00. The van der Waals surface area contributed by atoms with Crippen LogP contribution < -0.4 is 5.32 Å². The molecule has 0 fully saturated rings. The third-order valence-corrected chi connectivity index (χ3v) is 3.83. The molecule has 1 heterocycles. The summed E-state index contributed by atoms with van der Waals surface area (Å²) in [5.74, 6) is -0.453. The number of benzene rings is 2. The number of hydrogen-bond donors (Lipinski definition) is 1. The van der Waals surface area contributed by atoms with Crippen LogP contribution in [-0.2, 0) is 0 Å². The number of nitrogens with zero attached hydrogens (tertiary/aromatic N) is 2. The predicted molar refractivity (Wildman–Crippen MR) is 92.5 cm³/mol. The number of para-hydroxylation sites is 1. The van der Waals surface area contributed by atoms with Crippen LogP contribution in [0.1, 0.15) is 16.1 Å². The number of hydrogen-bond acceptors (Lipinski definition) is 4. The Morgan fingerprint density at radius 2 is 2.00 bits per heavy atom. The van der Waals surface area contributed by atoms with Crippen molar-refractivity contribution in [2.24, 2.45) is 0 Å². The summed E-state index contributed by atoms with van der Waals surface area (Å²) in [7, 11) is 0. The number of carbonyl (C=O) groups excluding carboxylic acids is 1. The van der Waals surface area contributed by atoms with Gasteiger partial charge in [-0.15, -0.1) is 0 Å². The van der Waals surface area contributed by atoms with Crippen molar-refractivity contribution < 1.29 is 9.72 Å². The zero-order valence-corrected chi connectivity index (χ0v) is 13.4. The average Bonchev–Trinajstić information content (AvgIpc) is 2.55. The Morgan fingerprint density at radius 3 is 2.71 bits per heavy atom. The van der Waals surface area contributed by atoms with E-state index in [1.54, 1.807) is 6.07 Å². The number of carbonyl (C=O) groups is 1. The van der Waals surface area contributed by atoms with E-state index in [1.165, 1.54) is 12.1 Å². The van der Waals surface area contributed by atoms with Gasteiger partial charge in [0.15, 0.2) is 0 Å². The first kappa shape index (κ1) is 15.9. The number of aromatic nitrogens is 1. The van der Waals surface area contributed by atoms with E-state index in [2.05, 4.69) is 10.3 Å². The van der Waals surface area contributed by atoms with Gasteiger partial charge >= 0.3 is 0 Å². The lowest BCUT2D eigenvalue weighted by Gasteiger charge is -2.09. The van der Waals surface area contributed by atoms with Crippen molar-refractivity contribution in [2.45, 2.75) is 6.92 Å². The van der Waals surface area contributed by atoms with Crippen molar-refractivity contribution in [3.05, 3.63) is 74.9 Å². The highest BCUT2D eigenvalue weighted by Crippen LogP contribution is 2.26. The minimum Gasteiger partial charge on any atom is -0.320 e. The molecule has 6 nitrogen and oxygen atoms in total. The molecule has 0 radical (unpaired) electrons. The zero-order chi connectivity index (χ0) is 17.3. The predicted octanol–water partition coefficient (Wildman–Crippen LogP) is 4.36. The highest BCUT2D eigenvalue weighted by atomic mass is 35.5. The molecule has 24 heavy (non-hydrogen) atoms. The number of nitrogens with one attached hydrogen (secondary N) is 1. The summed E-state index contributed by atoms with van der Waals surface area (Å²) < 4.78 is 0. The number of pyridine rings is 1. The van der Waals surface area contributed by atoms with Crippen LogP contribution in [0.5, 0.6) is 0 Å². The van der Waals surface area contributed by atoms with Crippen LogP contribution >= 0.6 is 11.6 Å². The lowest BCUT2D eigenvalue weighted by atomic mass is 10.1. The summed E-state index contributed by atoms with van der Waals surface area (Å²) in [5.41, 5.74) is 2.04. The van der Waals surface area contributed by atoms with Crippen molar-refractivity contribution in [3.8, 4) is 0 Å².